The molecule has 0 spiro atoms. The van der Waals surface area contributed by atoms with Crippen LogP contribution in [0.25, 0.3) is 5.65 Å². The lowest BCUT2D eigenvalue weighted by molar-refractivity contribution is 0.108. The molecule has 4 heterocycles. The number of anilines is 1. The molecule has 6 heteroatoms. The molecular formula is C15H21N5O. The van der Waals surface area contributed by atoms with Crippen LogP contribution in [0, 0.1) is 6.92 Å². The minimum absolute atomic E-state index is 0.132. The van der Waals surface area contributed by atoms with Gasteiger partial charge in [-0.1, -0.05) is 0 Å². The van der Waals surface area contributed by atoms with E-state index >= 15 is 0 Å². The van der Waals surface area contributed by atoms with Crippen LogP contribution in [0.1, 0.15) is 36.8 Å². The first-order chi connectivity index (χ1) is 10.3. The fraction of sp³-hybridized carbons (Fsp3) is 0.600. The number of nitrogens with one attached hydrogen (secondary N) is 2. The Bertz CT molecular complexity index is 641. The molecule has 2 N–H and O–H groups in total. The lowest BCUT2D eigenvalue weighted by atomic mass is 10.2. The van der Waals surface area contributed by atoms with Crippen molar-refractivity contribution in [2.24, 2.45) is 0 Å². The molecule has 0 bridgehead atoms. The van der Waals surface area contributed by atoms with E-state index in [1.165, 1.54) is 0 Å². The van der Waals surface area contributed by atoms with Gasteiger partial charge >= 0.3 is 0 Å². The van der Waals surface area contributed by atoms with Crippen LogP contribution in [-0.2, 0) is 4.74 Å². The van der Waals surface area contributed by atoms with Gasteiger partial charge in [-0.2, -0.15) is 9.61 Å². The highest BCUT2D eigenvalue weighted by atomic mass is 16.5. The smallest absolute Gasteiger partial charge is 0.157 e. The van der Waals surface area contributed by atoms with Gasteiger partial charge in [-0.15, -0.1) is 0 Å². The van der Waals surface area contributed by atoms with Crippen molar-refractivity contribution in [3.8, 4) is 0 Å². The van der Waals surface area contributed by atoms with E-state index in [0.717, 1.165) is 61.8 Å². The topological polar surface area (TPSA) is 63.5 Å². The van der Waals surface area contributed by atoms with E-state index in [-0.39, 0.29) is 6.10 Å². The first kappa shape index (κ1) is 13.0. The van der Waals surface area contributed by atoms with Crippen molar-refractivity contribution in [1.82, 2.24) is 19.9 Å². The molecule has 6 nitrogen and oxygen atoms in total. The summed E-state index contributed by atoms with van der Waals surface area (Å²) in [5.41, 5.74) is 2.90. The van der Waals surface area contributed by atoms with Crippen molar-refractivity contribution in [2.45, 2.75) is 38.3 Å². The molecule has 0 aliphatic carbocycles. The summed E-state index contributed by atoms with van der Waals surface area (Å²) in [6.07, 6.45) is 3.44. The molecule has 2 aromatic heterocycles. The predicted octanol–water partition coefficient (Wildman–Crippen LogP) is 1.66. The van der Waals surface area contributed by atoms with Crippen LogP contribution in [0.15, 0.2) is 12.1 Å². The highest BCUT2D eigenvalue weighted by Crippen LogP contribution is 2.28. The first-order valence-corrected chi connectivity index (χ1v) is 7.76. The monoisotopic (exact) mass is 287 g/mol. The molecule has 0 radical (unpaired) electrons. The number of aromatic nitrogens is 3. The minimum atomic E-state index is 0.132. The highest BCUT2D eigenvalue weighted by Gasteiger charge is 2.22. The van der Waals surface area contributed by atoms with E-state index in [1.807, 2.05) is 11.4 Å². The molecule has 2 aromatic rings. The molecule has 2 atom stereocenters. The third-order valence-electron chi connectivity index (χ3n) is 4.25. The molecule has 2 fully saturated rings. The van der Waals surface area contributed by atoms with Gasteiger partial charge in [-0.25, -0.2) is 4.98 Å². The largest absolute Gasteiger partial charge is 0.372 e. The van der Waals surface area contributed by atoms with Crippen molar-refractivity contribution in [3.05, 3.63) is 23.5 Å². The van der Waals surface area contributed by atoms with Gasteiger partial charge in [0.15, 0.2) is 5.65 Å². The van der Waals surface area contributed by atoms with Gasteiger partial charge in [0, 0.05) is 37.0 Å². The van der Waals surface area contributed by atoms with E-state index in [9.17, 15) is 0 Å². The quantitative estimate of drug-likeness (QED) is 0.899. The van der Waals surface area contributed by atoms with Crippen LogP contribution in [0.2, 0.25) is 0 Å². The van der Waals surface area contributed by atoms with Crippen molar-refractivity contribution < 1.29 is 4.74 Å². The van der Waals surface area contributed by atoms with Crippen molar-refractivity contribution >= 4 is 11.5 Å². The Morgan fingerprint density at radius 2 is 2.33 bits per heavy atom. The molecular weight excluding hydrogens is 266 g/mol. The Morgan fingerprint density at radius 3 is 3.10 bits per heavy atom. The maximum atomic E-state index is 5.74. The number of hydrogen-bond acceptors (Lipinski definition) is 5. The van der Waals surface area contributed by atoms with Crippen molar-refractivity contribution in [3.63, 3.8) is 0 Å². The van der Waals surface area contributed by atoms with Gasteiger partial charge in [0.2, 0.25) is 0 Å². The number of aryl methyl sites for hydroxylation is 1. The van der Waals surface area contributed by atoms with Gasteiger partial charge in [-0.05, 0) is 32.7 Å². The summed E-state index contributed by atoms with van der Waals surface area (Å²) in [6, 6.07) is 4.59. The van der Waals surface area contributed by atoms with Crippen LogP contribution < -0.4 is 10.6 Å². The standard InChI is InChI=1S/C15H21N5O/c1-10-7-14(18-11-4-5-16-9-11)20-15(17-10)8-12(19-20)13-3-2-6-21-13/h7-8,11,13,16,18H,2-6,9H2,1H3. The third kappa shape index (κ3) is 2.49. The van der Waals surface area contributed by atoms with E-state index in [0.29, 0.717) is 6.04 Å². The van der Waals surface area contributed by atoms with Crippen LogP contribution in [0.4, 0.5) is 5.82 Å². The molecule has 2 aliphatic heterocycles. The maximum absolute atomic E-state index is 5.74. The summed E-state index contributed by atoms with van der Waals surface area (Å²) >= 11 is 0. The molecule has 112 valence electrons. The summed E-state index contributed by atoms with van der Waals surface area (Å²) in [5, 5.41) is 11.7. The fourth-order valence-corrected chi connectivity index (χ4v) is 3.18. The van der Waals surface area contributed by atoms with E-state index in [4.69, 9.17) is 9.84 Å². The molecule has 0 saturated carbocycles. The van der Waals surface area contributed by atoms with Crippen molar-refractivity contribution in [1.29, 1.82) is 0 Å². The summed E-state index contributed by atoms with van der Waals surface area (Å²) in [4.78, 5) is 4.59. The molecule has 2 aliphatic rings. The first-order valence-electron chi connectivity index (χ1n) is 7.76. The van der Waals surface area contributed by atoms with Gasteiger partial charge in [0.05, 0.1) is 5.69 Å². The second-order valence-corrected chi connectivity index (χ2v) is 5.96. The lowest BCUT2D eigenvalue weighted by Crippen LogP contribution is -2.23. The predicted molar refractivity (Wildman–Crippen MR) is 80.5 cm³/mol. The average molecular weight is 287 g/mol. The molecule has 0 amide bonds. The summed E-state index contributed by atoms with van der Waals surface area (Å²) in [6.45, 7) is 4.94. The maximum Gasteiger partial charge on any atom is 0.157 e. The summed E-state index contributed by atoms with van der Waals surface area (Å²) in [7, 11) is 0. The van der Waals surface area contributed by atoms with Crippen LogP contribution >= 0.6 is 0 Å². The number of ether oxygens (including phenoxy) is 1. The van der Waals surface area contributed by atoms with Crippen molar-refractivity contribution in [2.75, 3.05) is 25.0 Å². The Morgan fingerprint density at radius 1 is 1.38 bits per heavy atom. The van der Waals surface area contributed by atoms with Gasteiger partial charge in [0.25, 0.3) is 0 Å². The van der Waals surface area contributed by atoms with Crippen LogP contribution in [-0.4, -0.2) is 40.3 Å². The van der Waals surface area contributed by atoms with Crippen LogP contribution in [0.5, 0.6) is 0 Å². The Hall–Kier alpha value is -1.66. The Labute approximate surface area is 123 Å². The number of fused-ring (bicyclic) bond motifs is 1. The molecule has 2 saturated heterocycles. The normalized spacial score (nSPS) is 25.8. The van der Waals surface area contributed by atoms with Gasteiger partial charge in [-0.3, -0.25) is 0 Å². The second-order valence-electron chi connectivity index (χ2n) is 5.96. The minimum Gasteiger partial charge on any atom is -0.372 e. The number of rotatable bonds is 3. The SMILES string of the molecule is Cc1cc(NC2CCNC2)n2nc(C3CCCO3)cc2n1. The van der Waals surface area contributed by atoms with E-state index in [2.05, 4.69) is 27.8 Å². The average Bonchev–Trinajstić information content (AvgIpc) is 3.19. The molecule has 0 aromatic carbocycles. The molecule has 2 unspecified atom stereocenters. The summed E-state index contributed by atoms with van der Waals surface area (Å²) in [5.74, 6) is 1.02. The zero-order valence-electron chi connectivity index (χ0n) is 12.3. The van der Waals surface area contributed by atoms with Gasteiger partial charge in [0.1, 0.15) is 11.9 Å². The summed E-state index contributed by atoms with van der Waals surface area (Å²) < 4.78 is 7.66. The molecule has 21 heavy (non-hydrogen) atoms. The van der Waals surface area contributed by atoms with Crippen LogP contribution in [0.3, 0.4) is 0 Å². The number of nitrogens with zero attached hydrogens (tertiary/aromatic N) is 3. The molecule has 4 rings (SSSR count). The van der Waals surface area contributed by atoms with E-state index < -0.39 is 0 Å². The Kier molecular flexibility index (Phi) is 3.27. The zero-order valence-corrected chi connectivity index (χ0v) is 12.3. The Balaban J connectivity index is 1.70. The fourth-order valence-electron chi connectivity index (χ4n) is 3.18. The highest BCUT2D eigenvalue weighted by molar-refractivity contribution is 5.51. The van der Waals surface area contributed by atoms with Gasteiger partial charge < -0.3 is 15.4 Å². The zero-order chi connectivity index (χ0) is 14.2. The van der Waals surface area contributed by atoms with E-state index in [1.54, 1.807) is 0 Å². The third-order valence-corrected chi connectivity index (χ3v) is 4.25. The second kappa shape index (κ2) is 5.27. The number of hydrogen-bond donors (Lipinski definition) is 2. The lowest BCUT2D eigenvalue weighted by Gasteiger charge is -2.14.